The first kappa shape index (κ1) is 10.7. The Hall–Kier alpha value is -2.43. The fourth-order valence-electron chi connectivity index (χ4n) is 1.96. The largest absolute Gasteiger partial charge is 0.369 e. The Balaban J connectivity index is 2.09. The molecule has 0 saturated heterocycles. The van der Waals surface area contributed by atoms with Gasteiger partial charge in [0.25, 0.3) is 0 Å². The second-order valence-corrected chi connectivity index (χ2v) is 4.27. The molecule has 5 nitrogen and oxygen atoms in total. The van der Waals surface area contributed by atoms with Gasteiger partial charge in [0, 0.05) is 18.6 Å². The fourth-order valence-corrected chi connectivity index (χ4v) is 1.96. The highest BCUT2D eigenvalue weighted by molar-refractivity contribution is 5.74. The van der Waals surface area contributed by atoms with Crippen LogP contribution in [0.25, 0.3) is 11.2 Å². The molecule has 0 amide bonds. The van der Waals surface area contributed by atoms with Gasteiger partial charge in [-0.1, -0.05) is 6.07 Å². The highest BCUT2D eigenvalue weighted by Gasteiger charge is 2.09. The second kappa shape index (κ2) is 4.10. The summed E-state index contributed by atoms with van der Waals surface area (Å²) < 4.78 is 1.89. The zero-order valence-corrected chi connectivity index (χ0v) is 10.0. The fraction of sp³-hybridized carbons (Fsp3) is 0.154. The summed E-state index contributed by atoms with van der Waals surface area (Å²) in [7, 11) is 0. The lowest BCUT2D eigenvalue weighted by Gasteiger charge is -2.05. The van der Waals surface area contributed by atoms with Crippen LogP contribution in [-0.4, -0.2) is 19.5 Å². The Morgan fingerprint density at radius 1 is 1.33 bits per heavy atom. The van der Waals surface area contributed by atoms with Crippen LogP contribution in [0.3, 0.4) is 0 Å². The normalized spacial score (nSPS) is 10.9. The van der Waals surface area contributed by atoms with E-state index in [9.17, 15) is 0 Å². The summed E-state index contributed by atoms with van der Waals surface area (Å²) in [5.41, 5.74) is 9.73. The minimum absolute atomic E-state index is 0.479. The molecule has 0 spiro atoms. The minimum Gasteiger partial charge on any atom is -0.369 e. The van der Waals surface area contributed by atoms with Crippen molar-refractivity contribution in [1.29, 1.82) is 0 Å². The van der Waals surface area contributed by atoms with Crippen LogP contribution in [0.2, 0.25) is 0 Å². The van der Waals surface area contributed by atoms with Crippen molar-refractivity contribution in [2.45, 2.75) is 13.5 Å². The summed E-state index contributed by atoms with van der Waals surface area (Å²) in [6, 6.07) is 5.90. The van der Waals surface area contributed by atoms with E-state index < -0.39 is 0 Å². The van der Waals surface area contributed by atoms with Gasteiger partial charge in [0.15, 0.2) is 5.65 Å². The van der Waals surface area contributed by atoms with E-state index in [0.29, 0.717) is 12.5 Å². The lowest BCUT2D eigenvalue weighted by atomic mass is 10.3. The predicted octanol–water partition coefficient (Wildman–Crippen LogP) is 1.77. The third kappa shape index (κ3) is 1.79. The maximum absolute atomic E-state index is 5.94. The van der Waals surface area contributed by atoms with Gasteiger partial charge in [-0.15, -0.1) is 0 Å². The molecule has 0 aromatic carbocycles. The van der Waals surface area contributed by atoms with Crippen LogP contribution in [0.4, 0.5) is 5.95 Å². The molecule has 3 aromatic heterocycles. The molecular formula is C13H13N5. The minimum atomic E-state index is 0.479. The Morgan fingerprint density at radius 3 is 3.00 bits per heavy atom. The number of anilines is 1. The highest BCUT2D eigenvalue weighted by Crippen LogP contribution is 2.17. The van der Waals surface area contributed by atoms with Crippen molar-refractivity contribution in [1.82, 2.24) is 19.5 Å². The quantitative estimate of drug-likeness (QED) is 0.739. The molecule has 0 atom stereocenters. The molecule has 0 bridgehead atoms. The van der Waals surface area contributed by atoms with E-state index in [-0.39, 0.29) is 0 Å². The third-order valence-electron chi connectivity index (χ3n) is 2.81. The number of nitrogens with two attached hydrogens (primary N) is 1. The molecule has 0 fully saturated rings. The monoisotopic (exact) mass is 239 g/mol. The van der Waals surface area contributed by atoms with Gasteiger partial charge in [-0.25, -0.2) is 9.97 Å². The molecule has 0 unspecified atom stereocenters. The van der Waals surface area contributed by atoms with Crippen LogP contribution in [0, 0.1) is 6.92 Å². The van der Waals surface area contributed by atoms with Gasteiger partial charge in [0.2, 0.25) is 5.95 Å². The van der Waals surface area contributed by atoms with Crippen molar-refractivity contribution in [3.05, 3.63) is 47.9 Å². The van der Waals surface area contributed by atoms with E-state index in [4.69, 9.17) is 5.73 Å². The van der Waals surface area contributed by atoms with Gasteiger partial charge in [-0.05, 0) is 30.2 Å². The lowest BCUT2D eigenvalue weighted by Crippen LogP contribution is -2.05. The molecule has 0 radical (unpaired) electrons. The Morgan fingerprint density at radius 2 is 2.22 bits per heavy atom. The second-order valence-electron chi connectivity index (χ2n) is 4.27. The van der Waals surface area contributed by atoms with E-state index in [0.717, 1.165) is 22.3 Å². The Kier molecular flexibility index (Phi) is 2.44. The van der Waals surface area contributed by atoms with Gasteiger partial charge in [-0.2, -0.15) is 0 Å². The molecule has 3 heterocycles. The van der Waals surface area contributed by atoms with Crippen LogP contribution in [0.15, 0.2) is 36.8 Å². The summed E-state index contributed by atoms with van der Waals surface area (Å²) in [4.78, 5) is 12.8. The predicted molar refractivity (Wildman–Crippen MR) is 70.0 cm³/mol. The van der Waals surface area contributed by atoms with Crippen LogP contribution in [-0.2, 0) is 6.54 Å². The van der Waals surface area contributed by atoms with E-state index in [1.807, 2.05) is 42.1 Å². The SMILES string of the molecule is Cc1cnc2c(c1)nc(N)n2Cc1cccnc1. The number of imidazole rings is 1. The number of rotatable bonds is 2. The van der Waals surface area contributed by atoms with Crippen LogP contribution in [0.1, 0.15) is 11.1 Å². The van der Waals surface area contributed by atoms with Gasteiger partial charge >= 0.3 is 0 Å². The van der Waals surface area contributed by atoms with E-state index in [2.05, 4.69) is 15.0 Å². The molecular weight excluding hydrogens is 226 g/mol. The summed E-state index contributed by atoms with van der Waals surface area (Å²) in [5.74, 6) is 0.479. The molecule has 5 heteroatoms. The van der Waals surface area contributed by atoms with Crippen LogP contribution in [0.5, 0.6) is 0 Å². The van der Waals surface area contributed by atoms with Gasteiger partial charge < -0.3 is 5.73 Å². The highest BCUT2D eigenvalue weighted by atomic mass is 15.2. The first-order chi connectivity index (χ1) is 8.74. The average molecular weight is 239 g/mol. The number of hydrogen-bond donors (Lipinski definition) is 1. The summed E-state index contributed by atoms with van der Waals surface area (Å²) in [5, 5.41) is 0. The zero-order chi connectivity index (χ0) is 12.5. The smallest absolute Gasteiger partial charge is 0.202 e. The average Bonchev–Trinajstić information content (AvgIpc) is 2.66. The maximum Gasteiger partial charge on any atom is 0.202 e. The summed E-state index contributed by atoms with van der Waals surface area (Å²) >= 11 is 0. The first-order valence-corrected chi connectivity index (χ1v) is 5.71. The Labute approximate surface area is 104 Å². The zero-order valence-electron chi connectivity index (χ0n) is 10.0. The third-order valence-corrected chi connectivity index (χ3v) is 2.81. The van der Waals surface area contributed by atoms with Gasteiger partial charge in [-0.3, -0.25) is 9.55 Å². The van der Waals surface area contributed by atoms with E-state index >= 15 is 0 Å². The molecule has 3 aromatic rings. The molecule has 0 aliphatic rings. The first-order valence-electron chi connectivity index (χ1n) is 5.71. The molecule has 0 saturated carbocycles. The van der Waals surface area contributed by atoms with E-state index in [1.54, 1.807) is 6.20 Å². The number of fused-ring (bicyclic) bond motifs is 1. The topological polar surface area (TPSA) is 69.6 Å². The summed E-state index contributed by atoms with van der Waals surface area (Å²) in [6.45, 7) is 2.62. The molecule has 0 aliphatic heterocycles. The van der Waals surface area contributed by atoms with Crippen LogP contribution >= 0.6 is 0 Å². The number of nitrogen functional groups attached to an aromatic ring is 1. The van der Waals surface area contributed by atoms with Gasteiger partial charge in [0.1, 0.15) is 5.52 Å². The van der Waals surface area contributed by atoms with E-state index in [1.165, 1.54) is 0 Å². The lowest BCUT2D eigenvalue weighted by molar-refractivity contribution is 0.823. The number of aryl methyl sites for hydroxylation is 1. The van der Waals surface area contributed by atoms with Crippen molar-refractivity contribution in [2.75, 3.05) is 5.73 Å². The van der Waals surface area contributed by atoms with Crippen molar-refractivity contribution in [2.24, 2.45) is 0 Å². The molecule has 18 heavy (non-hydrogen) atoms. The Bertz CT molecular complexity index is 687. The molecule has 2 N–H and O–H groups in total. The van der Waals surface area contributed by atoms with Gasteiger partial charge in [0.05, 0.1) is 6.54 Å². The number of pyridine rings is 2. The molecule has 90 valence electrons. The molecule has 0 aliphatic carbocycles. The maximum atomic E-state index is 5.94. The van der Waals surface area contributed by atoms with Crippen molar-refractivity contribution < 1.29 is 0 Å². The van der Waals surface area contributed by atoms with Crippen molar-refractivity contribution >= 4 is 17.1 Å². The number of aromatic nitrogens is 4. The van der Waals surface area contributed by atoms with Crippen molar-refractivity contribution in [3.8, 4) is 0 Å². The summed E-state index contributed by atoms with van der Waals surface area (Å²) in [6.07, 6.45) is 5.39. The van der Waals surface area contributed by atoms with Crippen LogP contribution < -0.4 is 5.73 Å². The van der Waals surface area contributed by atoms with Crippen molar-refractivity contribution in [3.63, 3.8) is 0 Å². The molecule has 3 rings (SSSR count). The standard InChI is InChI=1S/C13H13N5/c1-9-5-11-12(16-6-9)18(13(14)17-11)8-10-3-2-4-15-7-10/h2-7H,8H2,1H3,(H2,14,17). The number of hydrogen-bond acceptors (Lipinski definition) is 4. The number of nitrogens with zero attached hydrogens (tertiary/aromatic N) is 4.